The molecule has 2 aromatic rings. The first-order chi connectivity index (χ1) is 10.1. The third-order valence-corrected chi connectivity index (χ3v) is 3.11. The number of hydrogen-bond acceptors (Lipinski definition) is 2. The van der Waals surface area contributed by atoms with E-state index < -0.39 is 17.5 Å². The van der Waals surface area contributed by atoms with E-state index in [1.807, 2.05) is 30.3 Å². The van der Waals surface area contributed by atoms with Crippen molar-refractivity contribution in [1.29, 1.82) is 0 Å². The third kappa shape index (κ3) is 4.02. The molecular weight excluding hydrogens is 274 g/mol. The van der Waals surface area contributed by atoms with E-state index in [-0.39, 0.29) is 11.3 Å². The van der Waals surface area contributed by atoms with Crippen LogP contribution in [0, 0.1) is 11.6 Å². The van der Waals surface area contributed by atoms with E-state index in [9.17, 15) is 13.6 Å². The molecule has 5 heteroatoms. The molecule has 0 aliphatic rings. The van der Waals surface area contributed by atoms with Crippen molar-refractivity contribution in [3.8, 4) is 0 Å². The van der Waals surface area contributed by atoms with Crippen molar-refractivity contribution in [2.75, 3.05) is 12.3 Å². The van der Waals surface area contributed by atoms with E-state index >= 15 is 0 Å². The number of halogens is 2. The summed E-state index contributed by atoms with van der Waals surface area (Å²) in [5.74, 6) is -2.65. The van der Waals surface area contributed by atoms with Crippen molar-refractivity contribution in [3.05, 3.63) is 65.2 Å². The van der Waals surface area contributed by atoms with Gasteiger partial charge in [-0.1, -0.05) is 30.3 Å². The number of nitrogens with one attached hydrogen (secondary N) is 1. The number of aryl methyl sites for hydroxylation is 1. The molecule has 3 nitrogen and oxygen atoms in total. The summed E-state index contributed by atoms with van der Waals surface area (Å²) in [4.78, 5) is 11.9. The van der Waals surface area contributed by atoms with Crippen molar-refractivity contribution in [3.63, 3.8) is 0 Å². The molecule has 21 heavy (non-hydrogen) atoms. The summed E-state index contributed by atoms with van der Waals surface area (Å²) in [6.07, 6.45) is 1.58. The van der Waals surface area contributed by atoms with Crippen LogP contribution in [0.25, 0.3) is 0 Å². The number of amides is 1. The number of carbonyl (C=O) groups is 1. The Balaban J connectivity index is 1.86. The minimum absolute atomic E-state index is 0.0476. The number of nitrogens with two attached hydrogens (primary N) is 1. The lowest BCUT2D eigenvalue weighted by atomic mass is 10.1. The lowest BCUT2D eigenvalue weighted by molar-refractivity contribution is 0.0953. The Kier molecular flexibility index (Phi) is 4.87. The number of anilines is 1. The summed E-state index contributed by atoms with van der Waals surface area (Å²) in [5.41, 5.74) is 6.58. The molecule has 2 rings (SSSR count). The van der Waals surface area contributed by atoms with Gasteiger partial charge in [0.25, 0.3) is 5.91 Å². The standard InChI is InChI=1S/C16H16F2N2O/c17-13-9-12(15(19)10-14(13)18)16(21)20-8-4-7-11-5-2-1-3-6-11/h1-3,5-6,9-10H,4,7-8,19H2,(H,20,21). The van der Waals surface area contributed by atoms with Crippen molar-refractivity contribution in [2.45, 2.75) is 12.8 Å². The molecule has 0 radical (unpaired) electrons. The maximum absolute atomic E-state index is 13.1. The molecule has 2 aromatic carbocycles. The van der Waals surface area contributed by atoms with Crippen LogP contribution in [0.5, 0.6) is 0 Å². The first-order valence-electron chi connectivity index (χ1n) is 6.64. The van der Waals surface area contributed by atoms with Gasteiger partial charge in [-0.15, -0.1) is 0 Å². The van der Waals surface area contributed by atoms with Gasteiger partial charge in [-0.05, 0) is 24.5 Å². The number of rotatable bonds is 5. The topological polar surface area (TPSA) is 55.1 Å². The van der Waals surface area contributed by atoms with Gasteiger partial charge >= 0.3 is 0 Å². The second-order valence-electron chi connectivity index (χ2n) is 4.70. The molecule has 0 aliphatic heterocycles. The molecule has 0 saturated carbocycles. The average molecular weight is 290 g/mol. The second kappa shape index (κ2) is 6.83. The molecule has 0 heterocycles. The van der Waals surface area contributed by atoms with Gasteiger partial charge in [0.05, 0.1) is 5.56 Å². The van der Waals surface area contributed by atoms with Gasteiger partial charge in [0, 0.05) is 18.3 Å². The van der Waals surface area contributed by atoms with Gasteiger partial charge in [0.2, 0.25) is 0 Å². The van der Waals surface area contributed by atoms with Crippen LogP contribution < -0.4 is 11.1 Å². The summed E-state index contributed by atoms with van der Waals surface area (Å²) >= 11 is 0. The van der Waals surface area contributed by atoms with Gasteiger partial charge < -0.3 is 11.1 Å². The van der Waals surface area contributed by atoms with Crippen LogP contribution in [-0.4, -0.2) is 12.5 Å². The Bertz CT molecular complexity index is 630. The molecule has 0 saturated heterocycles. The van der Waals surface area contributed by atoms with E-state index in [1.54, 1.807) is 0 Å². The summed E-state index contributed by atoms with van der Waals surface area (Å²) in [5, 5.41) is 2.65. The molecule has 0 bridgehead atoms. The average Bonchev–Trinajstić information content (AvgIpc) is 2.48. The van der Waals surface area contributed by atoms with Crippen LogP contribution in [0.3, 0.4) is 0 Å². The van der Waals surface area contributed by atoms with E-state index in [4.69, 9.17) is 5.73 Å². The van der Waals surface area contributed by atoms with Gasteiger partial charge in [-0.3, -0.25) is 4.79 Å². The van der Waals surface area contributed by atoms with E-state index in [2.05, 4.69) is 5.32 Å². The smallest absolute Gasteiger partial charge is 0.253 e. The molecule has 0 aliphatic carbocycles. The predicted octanol–water partition coefficient (Wildman–Crippen LogP) is 2.91. The molecule has 110 valence electrons. The number of hydrogen-bond donors (Lipinski definition) is 2. The van der Waals surface area contributed by atoms with Crippen LogP contribution in [-0.2, 0) is 6.42 Å². The van der Waals surface area contributed by atoms with Crippen LogP contribution in [0.1, 0.15) is 22.3 Å². The lowest BCUT2D eigenvalue weighted by Crippen LogP contribution is -2.26. The Morgan fingerprint density at radius 1 is 1.10 bits per heavy atom. The predicted molar refractivity (Wildman–Crippen MR) is 77.9 cm³/mol. The van der Waals surface area contributed by atoms with Crippen LogP contribution in [0.4, 0.5) is 14.5 Å². The molecule has 0 spiro atoms. The fourth-order valence-electron chi connectivity index (χ4n) is 1.99. The molecule has 0 atom stereocenters. The number of benzene rings is 2. The quantitative estimate of drug-likeness (QED) is 0.657. The zero-order valence-corrected chi connectivity index (χ0v) is 11.4. The van der Waals surface area contributed by atoms with Crippen molar-refractivity contribution in [1.82, 2.24) is 5.32 Å². The highest BCUT2D eigenvalue weighted by Crippen LogP contribution is 2.16. The second-order valence-corrected chi connectivity index (χ2v) is 4.70. The molecule has 0 unspecified atom stereocenters. The van der Waals surface area contributed by atoms with Gasteiger partial charge in [0.1, 0.15) is 0 Å². The summed E-state index contributed by atoms with van der Waals surface area (Å²) in [6.45, 7) is 0.437. The highest BCUT2D eigenvalue weighted by molar-refractivity contribution is 5.99. The van der Waals surface area contributed by atoms with E-state index in [0.29, 0.717) is 6.54 Å². The minimum atomic E-state index is -1.08. The van der Waals surface area contributed by atoms with Crippen LogP contribution in [0.15, 0.2) is 42.5 Å². The molecule has 0 fully saturated rings. The van der Waals surface area contributed by atoms with E-state index in [1.165, 1.54) is 5.56 Å². The fraction of sp³-hybridized carbons (Fsp3) is 0.188. The fourth-order valence-corrected chi connectivity index (χ4v) is 1.99. The van der Waals surface area contributed by atoms with E-state index in [0.717, 1.165) is 25.0 Å². The minimum Gasteiger partial charge on any atom is -0.398 e. The summed E-state index contributed by atoms with van der Waals surface area (Å²) < 4.78 is 26.0. The highest BCUT2D eigenvalue weighted by Gasteiger charge is 2.13. The Labute approximate surface area is 121 Å². The number of carbonyl (C=O) groups excluding carboxylic acids is 1. The molecular formula is C16H16F2N2O. The van der Waals surface area contributed by atoms with Crippen molar-refractivity contribution in [2.24, 2.45) is 0 Å². The van der Waals surface area contributed by atoms with Crippen molar-refractivity contribution < 1.29 is 13.6 Å². The maximum atomic E-state index is 13.1. The Morgan fingerprint density at radius 3 is 2.48 bits per heavy atom. The first kappa shape index (κ1) is 15.0. The maximum Gasteiger partial charge on any atom is 0.253 e. The zero-order valence-electron chi connectivity index (χ0n) is 11.4. The van der Waals surface area contributed by atoms with Crippen LogP contribution in [0.2, 0.25) is 0 Å². The summed E-state index contributed by atoms with van der Waals surface area (Å²) in [7, 11) is 0. The largest absolute Gasteiger partial charge is 0.398 e. The molecule has 1 amide bonds. The van der Waals surface area contributed by atoms with Gasteiger partial charge in [0.15, 0.2) is 11.6 Å². The zero-order chi connectivity index (χ0) is 15.2. The normalized spacial score (nSPS) is 10.4. The van der Waals surface area contributed by atoms with Crippen LogP contribution >= 0.6 is 0 Å². The van der Waals surface area contributed by atoms with Gasteiger partial charge in [-0.2, -0.15) is 0 Å². The molecule has 3 N–H and O–H groups in total. The molecule has 0 aromatic heterocycles. The van der Waals surface area contributed by atoms with Gasteiger partial charge in [-0.25, -0.2) is 8.78 Å². The SMILES string of the molecule is Nc1cc(F)c(F)cc1C(=O)NCCCc1ccccc1. The first-order valence-corrected chi connectivity index (χ1v) is 6.64. The summed E-state index contributed by atoms with van der Waals surface area (Å²) in [6, 6.07) is 11.5. The third-order valence-electron chi connectivity index (χ3n) is 3.11. The lowest BCUT2D eigenvalue weighted by Gasteiger charge is -2.08. The monoisotopic (exact) mass is 290 g/mol. The Hall–Kier alpha value is -2.43. The van der Waals surface area contributed by atoms with Crippen molar-refractivity contribution >= 4 is 11.6 Å². The Morgan fingerprint density at radius 2 is 1.76 bits per heavy atom. The number of nitrogen functional groups attached to an aromatic ring is 1. The highest BCUT2D eigenvalue weighted by atomic mass is 19.2.